The van der Waals surface area contributed by atoms with Crippen LogP contribution in [0.5, 0.6) is 0 Å². The fourth-order valence-corrected chi connectivity index (χ4v) is 3.90. The van der Waals surface area contributed by atoms with E-state index in [4.69, 9.17) is 0 Å². The molecule has 0 aliphatic carbocycles. The lowest BCUT2D eigenvalue weighted by Crippen LogP contribution is -2.31. The number of benzene rings is 2. The summed E-state index contributed by atoms with van der Waals surface area (Å²) in [6.07, 6.45) is 0.901. The lowest BCUT2D eigenvalue weighted by molar-refractivity contribution is 0.0948. The van der Waals surface area contributed by atoms with Gasteiger partial charge in [0.1, 0.15) is 0 Å². The Bertz CT molecular complexity index is 839. The lowest BCUT2D eigenvalue weighted by Gasteiger charge is -2.27. The van der Waals surface area contributed by atoms with Crippen molar-refractivity contribution >= 4 is 17.3 Å². The summed E-state index contributed by atoms with van der Waals surface area (Å²) in [5, 5.41) is 3.01. The summed E-state index contributed by atoms with van der Waals surface area (Å²) in [6, 6.07) is 12.1. The van der Waals surface area contributed by atoms with Crippen molar-refractivity contribution in [2.45, 2.75) is 33.2 Å². The van der Waals surface area contributed by atoms with Gasteiger partial charge in [0.2, 0.25) is 0 Å². The van der Waals surface area contributed by atoms with E-state index in [1.807, 2.05) is 29.2 Å². The van der Waals surface area contributed by atoms with E-state index in [1.54, 1.807) is 6.07 Å². The zero-order valence-electron chi connectivity index (χ0n) is 17.3. The summed E-state index contributed by atoms with van der Waals surface area (Å²) in [6.45, 7) is 9.37. The van der Waals surface area contributed by atoms with Crippen molar-refractivity contribution in [3.8, 4) is 0 Å². The molecule has 29 heavy (non-hydrogen) atoms. The van der Waals surface area contributed by atoms with E-state index in [9.17, 15) is 13.6 Å². The Kier molecular flexibility index (Phi) is 6.72. The Hall–Kier alpha value is -2.63. The van der Waals surface area contributed by atoms with E-state index >= 15 is 0 Å². The minimum absolute atomic E-state index is 0.0876. The highest BCUT2D eigenvalue weighted by Gasteiger charge is 2.24. The molecular weight excluding hydrogens is 372 g/mol. The molecule has 0 spiro atoms. The number of halogens is 2. The minimum Gasteiger partial charge on any atom is -0.371 e. The molecule has 6 heteroatoms. The smallest absolute Gasteiger partial charge is 0.251 e. The number of nitrogens with zero attached hydrogens (tertiary/aromatic N) is 2. The van der Waals surface area contributed by atoms with Gasteiger partial charge in [-0.05, 0) is 69.5 Å². The zero-order valence-corrected chi connectivity index (χ0v) is 17.3. The van der Waals surface area contributed by atoms with E-state index < -0.39 is 11.6 Å². The van der Waals surface area contributed by atoms with Crippen LogP contribution in [0.3, 0.4) is 0 Å². The SMILES string of the molecule is CCN(c1ccc(C(=O)NCC2CCN(c3ccc(F)c(F)c3)C2)cc1)C(C)C. The van der Waals surface area contributed by atoms with Crippen molar-refractivity contribution < 1.29 is 13.6 Å². The normalized spacial score (nSPS) is 16.3. The molecule has 0 radical (unpaired) electrons. The number of rotatable bonds is 7. The van der Waals surface area contributed by atoms with Gasteiger partial charge >= 0.3 is 0 Å². The number of carbonyl (C=O) groups excluding carboxylic acids is 1. The maximum absolute atomic E-state index is 13.5. The summed E-state index contributed by atoms with van der Waals surface area (Å²) in [7, 11) is 0. The maximum Gasteiger partial charge on any atom is 0.251 e. The molecule has 1 saturated heterocycles. The average molecular weight is 402 g/mol. The Labute approximate surface area is 171 Å². The van der Waals surface area contributed by atoms with Crippen molar-refractivity contribution in [2.24, 2.45) is 5.92 Å². The van der Waals surface area contributed by atoms with Crippen LogP contribution in [-0.2, 0) is 0 Å². The quantitative estimate of drug-likeness (QED) is 0.744. The van der Waals surface area contributed by atoms with Gasteiger partial charge in [0.05, 0.1) is 0 Å². The van der Waals surface area contributed by atoms with Gasteiger partial charge in [0, 0.05) is 55.2 Å². The molecule has 1 amide bonds. The van der Waals surface area contributed by atoms with Gasteiger partial charge in [-0.3, -0.25) is 4.79 Å². The second kappa shape index (κ2) is 9.25. The van der Waals surface area contributed by atoms with Gasteiger partial charge < -0.3 is 15.1 Å². The topological polar surface area (TPSA) is 35.6 Å². The van der Waals surface area contributed by atoms with Gasteiger partial charge in [-0.1, -0.05) is 0 Å². The predicted molar refractivity (Wildman–Crippen MR) is 114 cm³/mol. The fraction of sp³-hybridized carbons (Fsp3) is 0.435. The molecule has 2 aromatic rings. The molecule has 156 valence electrons. The molecule has 1 aliphatic heterocycles. The number of hydrogen-bond donors (Lipinski definition) is 1. The second-order valence-electron chi connectivity index (χ2n) is 7.84. The summed E-state index contributed by atoms with van der Waals surface area (Å²) in [4.78, 5) is 16.8. The molecule has 3 rings (SSSR count). The minimum atomic E-state index is -0.835. The number of amides is 1. The van der Waals surface area contributed by atoms with Crippen LogP contribution < -0.4 is 15.1 Å². The number of anilines is 2. The van der Waals surface area contributed by atoms with Gasteiger partial charge in [-0.15, -0.1) is 0 Å². The second-order valence-corrected chi connectivity index (χ2v) is 7.84. The van der Waals surface area contributed by atoms with Crippen LogP contribution in [0.2, 0.25) is 0 Å². The molecule has 1 N–H and O–H groups in total. The van der Waals surface area contributed by atoms with Crippen LogP contribution in [0.4, 0.5) is 20.2 Å². The summed E-state index contributed by atoms with van der Waals surface area (Å²) in [5.41, 5.74) is 2.43. The van der Waals surface area contributed by atoms with E-state index in [0.29, 0.717) is 30.4 Å². The monoisotopic (exact) mass is 401 g/mol. The Balaban J connectivity index is 1.52. The molecule has 4 nitrogen and oxygen atoms in total. The summed E-state index contributed by atoms with van der Waals surface area (Å²) >= 11 is 0. The molecule has 2 aromatic carbocycles. The average Bonchev–Trinajstić information content (AvgIpc) is 3.18. The molecule has 1 aliphatic rings. The lowest BCUT2D eigenvalue weighted by atomic mass is 10.1. The van der Waals surface area contributed by atoms with Crippen LogP contribution >= 0.6 is 0 Å². The molecular formula is C23H29F2N3O. The van der Waals surface area contributed by atoms with Crippen LogP contribution in [0.25, 0.3) is 0 Å². The van der Waals surface area contributed by atoms with E-state index in [0.717, 1.165) is 31.3 Å². The highest BCUT2D eigenvalue weighted by molar-refractivity contribution is 5.94. The first-order chi connectivity index (χ1) is 13.9. The van der Waals surface area contributed by atoms with Crippen LogP contribution in [0, 0.1) is 17.6 Å². The molecule has 0 saturated carbocycles. The Morgan fingerprint density at radius 1 is 1.17 bits per heavy atom. The van der Waals surface area contributed by atoms with Gasteiger partial charge in [-0.25, -0.2) is 8.78 Å². The molecule has 0 aromatic heterocycles. The van der Waals surface area contributed by atoms with Crippen LogP contribution in [0.1, 0.15) is 37.6 Å². The van der Waals surface area contributed by atoms with Gasteiger partial charge in [0.25, 0.3) is 5.91 Å². The van der Waals surface area contributed by atoms with Crippen LogP contribution in [0.15, 0.2) is 42.5 Å². The number of hydrogen-bond acceptors (Lipinski definition) is 3. The van der Waals surface area contributed by atoms with Crippen LogP contribution in [-0.4, -0.2) is 38.1 Å². The van der Waals surface area contributed by atoms with Gasteiger partial charge in [-0.2, -0.15) is 0 Å². The molecule has 1 heterocycles. The first kappa shape index (κ1) is 21.1. The Morgan fingerprint density at radius 3 is 2.52 bits per heavy atom. The largest absolute Gasteiger partial charge is 0.371 e. The number of nitrogens with one attached hydrogen (secondary N) is 1. The third kappa shape index (κ3) is 5.05. The first-order valence-electron chi connectivity index (χ1n) is 10.2. The predicted octanol–water partition coefficient (Wildman–Crippen LogP) is 4.46. The van der Waals surface area contributed by atoms with Crippen molar-refractivity contribution in [2.75, 3.05) is 36.0 Å². The maximum atomic E-state index is 13.5. The molecule has 1 unspecified atom stereocenters. The highest BCUT2D eigenvalue weighted by atomic mass is 19.2. The zero-order chi connectivity index (χ0) is 21.0. The fourth-order valence-electron chi connectivity index (χ4n) is 3.90. The molecule has 1 fully saturated rings. The third-order valence-corrected chi connectivity index (χ3v) is 5.53. The highest BCUT2D eigenvalue weighted by Crippen LogP contribution is 2.25. The third-order valence-electron chi connectivity index (χ3n) is 5.53. The first-order valence-corrected chi connectivity index (χ1v) is 10.2. The summed E-state index contributed by atoms with van der Waals surface area (Å²) in [5.74, 6) is -1.47. The van der Waals surface area contributed by atoms with Crippen molar-refractivity contribution in [3.63, 3.8) is 0 Å². The van der Waals surface area contributed by atoms with Gasteiger partial charge in [0.15, 0.2) is 11.6 Å². The number of carbonyl (C=O) groups is 1. The van der Waals surface area contributed by atoms with E-state index in [2.05, 4.69) is 31.0 Å². The molecule has 1 atom stereocenters. The Morgan fingerprint density at radius 2 is 1.90 bits per heavy atom. The van der Waals surface area contributed by atoms with Crippen molar-refractivity contribution in [1.82, 2.24) is 5.32 Å². The standard InChI is InChI=1S/C23H29F2N3O/c1-4-28(16(2)3)19-7-5-18(6-8-19)23(29)26-14-17-11-12-27(15-17)20-9-10-21(24)22(25)13-20/h5-10,13,16-17H,4,11-12,14-15H2,1-3H3,(H,26,29). The van der Waals surface area contributed by atoms with E-state index in [1.165, 1.54) is 6.07 Å². The van der Waals surface area contributed by atoms with Crippen molar-refractivity contribution in [3.05, 3.63) is 59.7 Å². The van der Waals surface area contributed by atoms with E-state index in [-0.39, 0.29) is 11.8 Å². The van der Waals surface area contributed by atoms with Crippen molar-refractivity contribution in [1.29, 1.82) is 0 Å². The molecule has 0 bridgehead atoms. The summed E-state index contributed by atoms with van der Waals surface area (Å²) < 4.78 is 26.6.